The fourth-order valence-corrected chi connectivity index (χ4v) is 4.71. The number of nitrogens with one attached hydrogen (secondary N) is 1. The number of rotatable bonds is 3. The summed E-state index contributed by atoms with van der Waals surface area (Å²) in [5, 5.41) is 7.58. The molecule has 0 bridgehead atoms. The maximum Gasteiger partial charge on any atom is 0.259 e. The van der Waals surface area contributed by atoms with Crippen LogP contribution in [0.15, 0.2) is 16.0 Å². The number of hydrogen-bond donors (Lipinski definition) is 1. The summed E-state index contributed by atoms with van der Waals surface area (Å²) in [7, 11) is 0. The van der Waals surface area contributed by atoms with E-state index in [1.165, 1.54) is 28.8 Å². The lowest BCUT2D eigenvalue weighted by Crippen LogP contribution is -2.17. The summed E-state index contributed by atoms with van der Waals surface area (Å²) in [5.74, 6) is 1.39. The number of H-pyrrole nitrogens is 1. The van der Waals surface area contributed by atoms with Gasteiger partial charge in [0, 0.05) is 22.4 Å². The second-order valence-electron chi connectivity index (χ2n) is 5.37. The third-order valence-electron chi connectivity index (χ3n) is 3.74. The Kier molecular flexibility index (Phi) is 3.50. The quantitative estimate of drug-likeness (QED) is 0.745. The van der Waals surface area contributed by atoms with Crippen molar-refractivity contribution in [3.8, 4) is 0 Å². The molecule has 0 unspecified atom stereocenters. The van der Waals surface area contributed by atoms with Gasteiger partial charge in [0.05, 0.1) is 5.69 Å². The van der Waals surface area contributed by atoms with Crippen molar-refractivity contribution in [1.82, 2.24) is 24.6 Å². The van der Waals surface area contributed by atoms with E-state index in [2.05, 4.69) is 20.2 Å². The molecule has 0 radical (unpaired) electrons. The van der Waals surface area contributed by atoms with E-state index < -0.39 is 0 Å². The lowest BCUT2D eigenvalue weighted by molar-refractivity contribution is 0.670. The summed E-state index contributed by atoms with van der Waals surface area (Å²) in [6.07, 6.45) is 4.43. The Hall–Kier alpha value is -1.67. The van der Waals surface area contributed by atoms with E-state index in [1.807, 2.05) is 6.92 Å². The normalized spacial score (nSPS) is 14.4. The zero-order chi connectivity index (χ0) is 15.1. The molecular formula is C14H15N5OS2. The Morgan fingerprint density at radius 1 is 1.36 bits per heavy atom. The van der Waals surface area contributed by atoms with Gasteiger partial charge < -0.3 is 0 Å². The van der Waals surface area contributed by atoms with E-state index in [1.54, 1.807) is 21.8 Å². The molecule has 3 heterocycles. The summed E-state index contributed by atoms with van der Waals surface area (Å²) in [4.78, 5) is 23.5. The minimum absolute atomic E-state index is 0.0335. The fourth-order valence-electron chi connectivity index (χ4n) is 2.74. The second-order valence-corrected chi connectivity index (χ2v) is 7.38. The number of nitrogens with zero attached hydrogens (tertiary/aromatic N) is 4. The van der Waals surface area contributed by atoms with E-state index in [0.717, 1.165) is 35.7 Å². The smallest absolute Gasteiger partial charge is 0.259 e. The molecule has 0 fully saturated rings. The van der Waals surface area contributed by atoms with Gasteiger partial charge in [-0.25, -0.2) is 9.97 Å². The van der Waals surface area contributed by atoms with Crippen molar-refractivity contribution >= 4 is 28.1 Å². The molecule has 0 saturated heterocycles. The monoisotopic (exact) mass is 333 g/mol. The van der Waals surface area contributed by atoms with Crippen LogP contribution in [0.5, 0.6) is 0 Å². The maximum atomic E-state index is 12.4. The van der Waals surface area contributed by atoms with Crippen LogP contribution in [0.1, 0.15) is 34.9 Å². The van der Waals surface area contributed by atoms with Crippen LogP contribution in [-0.4, -0.2) is 24.6 Å². The average molecular weight is 333 g/mol. The minimum atomic E-state index is 0.0335. The van der Waals surface area contributed by atoms with Gasteiger partial charge in [-0.15, -0.1) is 16.4 Å². The van der Waals surface area contributed by atoms with Gasteiger partial charge in [0.2, 0.25) is 5.16 Å². The van der Waals surface area contributed by atoms with E-state index in [0.29, 0.717) is 10.9 Å². The van der Waals surface area contributed by atoms with Crippen LogP contribution in [-0.2, 0) is 18.6 Å². The molecule has 1 N–H and O–H groups in total. The first-order valence-corrected chi connectivity index (χ1v) is 9.06. The van der Waals surface area contributed by atoms with Crippen LogP contribution in [0.25, 0.3) is 4.96 Å². The summed E-state index contributed by atoms with van der Waals surface area (Å²) in [5.41, 5.74) is 2.00. The highest BCUT2D eigenvalue weighted by Crippen LogP contribution is 2.28. The van der Waals surface area contributed by atoms with Gasteiger partial charge in [0.15, 0.2) is 4.96 Å². The molecule has 22 heavy (non-hydrogen) atoms. The molecule has 3 aromatic heterocycles. The maximum absolute atomic E-state index is 12.4. The van der Waals surface area contributed by atoms with E-state index in [4.69, 9.17) is 0 Å². The van der Waals surface area contributed by atoms with Crippen LogP contribution in [0.2, 0.25) is 0 Å². The molecule has 3 aromatic rings. The van der Waals surface area contributed by atoms with Crippen LogP contribution in [0.4, 0.5) is 0 Å². The number of thiazole rings is 1. The first-order chi connectivity index (χ1) is 10.7. The summed E-state index contributed by atoms with van der Waals surface area (Å²) in [6.45, 7) is 1.87. The zero-order valence-corrected chi connectivity index (χ0v) is 13.8. The Bertz CT molecular complexity index is 894. The first kappa shape index (κ1) is 14.0. The van der Waals surface area contributed by atoms with Crippen LogP contribution >= 0.6 is 23.1 Å². The zero-order valence-electron chi connectivity index (χ0n) is 12.1. The van der Waals surface area contributed by atoms with E-state index >= 15 is 0 Å². The van der Waals surface area contributed by atoms with Crippen molar-refractivity contribution in [2.24, 2.45) is 0 Å². The Morgan fingerprint density at radius 3 is 3.05 bits per heavy atom. The van der Waals surface area contributed by atoms with E-state index in [9.17, 15) is 4.79 Å². The van der Waals surface area contributed by atoms with Crippen LogP contribution in [0.3, 0.4) is 0 Å². The molecule has 114 valence electrons. The van der Waals surface area contributed by atoms with Crippen molar-refractivity contribution < 1.29 is 0 Å². The molecule has 4 rings (SSSR count). The van der Waals surface area contributed by atoms with Crippen molar-refractivity contribution in [3.05, 3.63) is 38.5 Å². The van der Waals surface area contributed by atoms with Crippen molar-refractivity contribution in [2.45, 2.75) is 43.5 Å². The summed E-state index contributed by atoms with van der Waals surface area (Å²) < 4.78 is 1.80. The van der Waals surface area contributed by atoms with Gasteiger partial charge in [0.25, 0.3) is 5.56 Å². The highest BCUT2D eigenvalue weighted by molar-refractivity contribution is 7.98. The van der Waals surface area contributed by atoms with Crippen molar-refractivity contribution in [2.75, 3.05) is 0 Å². The SMILES string of the molecule is Cc1nc(SCc2cc(=O)n3c4c(sc3n2)CCCC4)n[nH]1. The Morgan fingerprint density at radius 2 is 2.23 bits per heavy atom. The molecule has 8 heteroatoms. The third kappa shape index (κ3) is 2.46. The van der Waals surface area contributed by atoms with Gasteiger partial charge >= 0.3 is 0 Å². The van der Waals surface area contributed by atoms with Crippen molar-refractivity contribution in [3.63, 3.8) is 0 Å². The Labute approximate surface area is 135 Å². The second kappa shape index (κ2) is 5.51. The molecule has 1 aliphatic rings. The largest absolute Gasteiger partial charge is 0.269 e. The minimum Gasteiger partial charge on any atom is -0.269 e. The molecule has 1 aliphatic carbocycles. The molecule has 0 aromatic carbocycles. The summed E-state index contributed by atoms with van der Waals surface area (Å²) in [6, 6.07) is 1.64. The van der Waals surface area contributed by atoms with Crippen LogP contribution in [0, 0.1) is 6.92 Å². The van der Waals surface area contributed by atoms with Gasteiger partial charge in [-0.2, -0.15) is 0 Å². The lowest BCUT2D eigenvalue weighted by atomic mass is 10.0. The molecule has 0 spiro atoms. The molecule has 0 saturated carbocycles. The fraction of sp³-hybridized carbons (Fsp3) is 0.429. The molecule has 0 atom stereocenters. The molecule has 0 aliphatic heterocycles. The lowest BCUT2D eigenvalue weighted by Gasteiger charge is -2.09. The molecule has 6 nitrogen and oxygen atoms in total. The number of aryl methyl sites for hydroxylation is 3. The first-order valence-electron chi connectivity index (χ1n) is 7.26. The number of aromatic nitrogens is 5. The number of aromatic amines is 1. The number of thioether (sulfide) groups is 1. The molecular weight excluding hydrogens is 318 g/mol. The summed E-state index contributed by atoms with van der Waals surface area (Å²) >= 11 is 3.15. The van der Waals surface area contributed by atoms with Gasteiger partial charge in [-0.05, 0) is 32.6 Å². The molecule has 0 amide bonds. The van der Waals surface area contributed by atoms with Gasteiger partial charge in [-0.1, -0.05) is 11.8 Å². The number of hydrogen-bond acceptors (Lipinski definition) is 6. The predicted molar refractivity (Wildman–Crippen MR) is 86.7 cm³/mol. The highest BCUT2D eigenvalue weighted by atomic mass is 32.2. The standard InChI is InChI=1S/C14H15N5OS2/c1-8-15-13(18-17-8)21-7-9-6-12(20)19-10-4-2-3-5-11(10)22-14(19)16-9/h6H,2-5,7H2,1H3,(H,15,17,18). The third-order valence-corrected chi connectivity index (χ3v) is 5.76. The van der Waals surface area contributed by atoms with E-state index in [-0.39, 0.29) is 5.56 Å². The van der Waals surface area contributed by atoms with Gasteiger partial charge in [0.1, 0.15) is 5.82 Å². The number of fused-ring (bicyclic) bond motifs is 3. The van der Waals surface area contributed by atoms with Crippen LogP contribution < -0.4 is 5.56 Å². The highest BCUT2D eigenvalue weighted by Gasteiger charge is 2.18. The average Bonchev–Trinajstić information content (AvgIpc) is 3.08. The predicted octanol–water partition coefficient (Wildman–Crippen LogP) is 2.35. The van der Waals surface area contributed by atoms with Crippen molar-refractivity contribution in [1.29, 1.82) is 0 Å². The Balaban J connectivity index is 1.66. The van der Waals surface area contributed by atoms with Gasteiger partial charge in [-0.3, -0.25) is 14.3 Å². The topological polar surface area (TPSA) is 75.9 Å².